The van der Waals surface area contributed by atoms with Crippen LogP contribution in [0, 0.1) is 5.92 Å². The zero-order valence-corrected chi connectivity index (χ0v) is 19.0. The van der Waals surface area contributed by atoms with Crippen molar-refractivity contribution in [3.8, 4) is 11.3 Å². The van der Waals surface area contributed by atoms with Gasteiger partial charge in [0.2, 0.25) is 5.91 Å². The molecule has 7 heteroatoms. The van der Waals surface area contributed by atoms with E-state index in [0.717, 1.165) is 46.5 Å². The van der Waals surface area contributed by atoms with Gasteiger partial charge < -0.3 is 10.2 Å². The number of imidazole rings is 1. The number of para-hydroxylation sites is 2. The molecule has 2 aliphatic rings. The van der Waals surface area contributed by atoms with Crippen molar-refractivity contribution in [3.63, 3.8) is 0 Å². The molecular weight excluding hydrogens is 426 g/mol. The molecule has 2 aromatic heterocycles. The van der Waals surface area contributed by atoms with Crippen molar-refractivity contribution >= 4 is 34.2 Å². The number of anilines is 1. The molecule has 0 spiro atoms. The standard InChI is InChI=1S/C27H27N5O2/c33-24(16-18-7-8-18)20-11-9-19(10-12-20)23-17-29-27-26(28-13-15-31-14-3-6-25(31)34)30-21-4-1-2-5-22(21)32(23)27/h1-2,4-5,9-12,17-18H,3,6-8,13-16H2,(H,28,30). The van der Waals surface area contributed by atoms with Gasteiger partial charge in [-0.2, -0.15) is 0 Å². The van der Waals surface area contributed by atoms with E-state index in [1.807, 2.05) is 59.6 Å². The lowest BCUT2D eigenvalue weighted by atomic mass is 10.0. The van der Waals surface area contributed by atoms with Crippen molar-refractivity contribution < 1.29 is 9.59 Å². The number of aromatic nitrogens is 3. The van der Waals surface area contributed by atoms with Crippen LogP contribution in [0.2, 0.25) is 0 Å². The molecule has 1 aliphatic heterocycles. The van der Waals surface area contributed by atoms with Crippen molar-refractivity contribution in [3.05, 3.63) is 60.3 Å². The fourth-order valence-corrected chi connectivity index (χ4v) is 4.78. The molecule has 0 unspecified atom stereocenters. The van der Waals surface area contributed by atoms with Crippen LogP contribution in [0.25, 0.3) is 27.9 Å². The van der Waals surface area contributed by atoms with E-state index >= 15 is 0 Å². The van der Waals surface area contributed by atoms with E-state index < -0.39 is 0 Å². The van der Waals surface area contributed by atoms with Gasteiger partial charge in [-0.05, 0) is 37.3 Å². The number of rotatable bonds is 8. The van der Waals surface area contributed by atoms with Crippen LogP contribution in [0.1, 0.15) is 42.5 Å². The second kappa shape index (κ2) is 8.56. The second-order valence-corrected chi connectivity index (χ2v) is 9.31. The lowest BCUT2D eigenvalue weighted by Crippen LogP contribution is -2.30. The van der Waals surface area contributed by atoms with Gasteiger partial charge in [-0.15, -0.1) is 0 Å². The van der Waals surface area contributed by atoms with E-state index in [-0.39, 0.29) is 11.7 Å². The summed E-state index contributed by atoms with van der Waals surface area (Å²) in [5.41, 5.74) is 5.31. The summed E-state index contributed by atoms with van der Waals surface area (Å²) < 4.78 is 2.12. The van der Waals surface area contributed by atoms with Gasteiger partial charge in [-0.3, -0.25) is 14.0 Å². The summed E-state index contributed by atoms with van der Waals surface area (Å²) in [5.74, 6) is 1.73. The number of Topliss-reactive ketones (excluding diaryl/α,β-unsaturated/α-hetero) is 1. The molecule has 1 saturated carbocycles. The number of hydrogen-bond donors (Lipinski definition) is 1. The summed E-state index contributed by atoms with van der Waals surface area (Å²) in [6.45, 7) is 2.10. The predicted octanol–water partition coefficient (Wildman–Crippen LogP) is 4.57. The fraction of sp³-hybridized carbons (Fsp3) is 0.333. The van der Waals surface area contributed by atoms with Crippen molar-refractivity contribution in [1.29, 1.82) is 0 Å². The Morgan fingerprint density at radius 1 is 1.09 bits per heavy atom. The molecule has 34 heavy (non-hydrogen) atoms. The molecule has 172 valence electrons. The van der Waals surface area contributed by atoms with Crippen molar-refractivity contribution in [1.82, 2.24) is 19.3 Å². The van der Waals surface area contributed by atoms with Gasteiger partial charge in [-0.25, -0.2) is 9.97 Å². The number of fused-ring (bicyclic) bond motifs is 3. The highest BCUT2D eigenvalue weighted by atomic mass is 16.2. The first-order valence-electron chi connectivity index (χ1n) is 12.1. The van der Waals surface area contributed by atoms with Crippen LogP contribution in [0.5, 0.6) is 0 Å². The number of hydrogen-bond acceptors (Lipinski definition) is 5. The highest BCUT2D eigenvalue weighted by Crippen LogP contribution is 2.34. The lowest BCUT2D eigenvalue weighted by Gasteiger charge is -2.16. The first-order valence-corrected chi connectivity index (χ1v) is 12.1. The van der Waals surface area contributed by atoms with E-state index in [1.54, 1.807) is 0 Å². The monoisotopic (exact) mass is 453 g/mol. The molecule has 1 N–H and O–H groups in total. The van der Waals surface area contributed by atoms with Crippen LogP contribution in [-0.2, 0) is 4.79 Å². The van der Waals surface area contributed by atoms with Gasteiger partial charge in [0, 0.05) is 43.6 Å². The van der Waals surface area contributed by atoms with Crippen molar-refractivity contribution in [2.45, 2.75) is 32.1 Å². The zero-order chi connectivity index (χ0) is 23.1. The Morgan fingerprint density at radius 3 is 2.68 bits per heavy atom. The maximum absolute atomic E-state index is 12.5. The smallest absolute Gasteiger partial charge is 0.222 e. The molecule has 7 nitrogen and oxygen atoms in total. The zero-order valence-electron chi connectivity index (χ0n) is 19.0. The molecule has 0 atom stereocenters. The minimum absolute atomic E-state index is 0.223. The van der Waals surface area contributed by atoms with E-state index in [2.05, 4.69) is 9.72 Å². The summed E-state index contributed by atoms with van der Waals surface area (Å²) >= 11 is 0. The highest BCUT2D eigenvalue weighted by molar-refractivity contribution is 5.97. The fourth-order valence-electron chi connectivity index (χ4n) is 4.78. The minimum Gasteiger partial charge on any atom is -0.365 e. The van der Waals surface area contributed by atoms with Crippen LogP contribution >= 0.6 is 0 Å². The molecular formula is C27H27N5O2. The molecule has 2 aromatic carbocycles. The van der Waals surface area contributed by atoms with Crippen LogP contribution in [0.4, 0.5) is 5.82 Å². The third-order valence-electron chi connectivity index (χ3n) is 6.85. The Bertz CT molecular complexity index is 1390. The SMILES string of the molecule is O=C(CC1CC1)c1ccc(-c2cnc3c(NCCN4CCCC4=O)nc4ccccc4n23)cc1. The normalized spacial score (nSPS) is 16.0. The molecule has 4 aromatic rings. The second-order valence-electron chi connectivity index (χ2n) is 9.31. The molecule has 1 amide bonds. The van der Waals surface area contributed by atoms with Crippen molar-refractivity contribution in [2.24, 2.45) is 5.92 Å². The Hall–Kier alpha value is -3.74. The summed E-state index contributed by atoms with van der Waals surface area (Å²) in [6.07, 6.45) is 6.46. The third kappa shape index (κ3) is 3.91. The Kier molecular flexibility index (Phi) is 5.24. The van der Waals surface area contributed by atoms with Gasteiger partial charge in [0.1, 0.15) is 0 Å². The van der Waals surface area contributed by atoms with Crippen LogP contribution in [-0.4, -0.2) is 50.6 Å². The average Bonchev–Trinajstić information content (AvgIpc) is 3.40. The maximum atomic E-state index is 12.5. The third-order valence-corrected chi connectivity index (χ3v) is 6.85. The number of nitrogens with one attached hydrogen (secondary N) is 1. The van der Waals surface area contributed by atoms with Crippen LogP contribution in [0.15, 0.2) is 54.7 Å². The number of carbonyl (C=O) groups excluding carboxylic acids is 2. The number of amides is 1. The van der Waals surface area contributed by atoms with E-state index in [9.17, 15) is 9.59 Å². The number of ketones is 1. The van der Waals surface area contributed by atoms with E-state index in [0.29, 0.717) is 37.7 Å². The summed E-state index contributed by atoms with van der Waals surface area (Å²) in [7, 11) is 0. The molecule has 1 aliphatic carbocycles. The van der Waals surface area contributed by atoms with Gasteiger partial charge in [0.15, 0.2) is 17.2 Å². The Labute approximate surface area is 197 Å². The summed E-state index contributed by atoms with van der Waals surface area (Å²) in [6, 6.07) is 15.9. The summed E-state index contributed by atoms with van der Waals surface area (Å²) in [4.78, 5) is 35.8. The van der Waals surface area contributed by atoms with Crippen molar-refractivity contribution in [2.75, 3.05) is 25.0 Å². The van der Waals surface area contributed by atoms with Gasteiger partial charge in [0.25, 0.3) is 0 Å². The molecule has 6 rings (SSSR count). The van der Waals surface area contributed by atoms with E-state index in [1.165, 1.54) is 12.8 Å². The Morgan fingerprint density at radius 2 is 1.91 bits per heavy atom. The number of benzene rings is 2. The van der Waals surface area contributed by atoms with Crippen LogP contribution < -0.4 is 5.32 Å². The molecule has 2 fully saturated rings. The lowest BCUT2D eigenvalue weighted by molar-refractivity contribution is -0.127. The maximum Gasteiger partial charge on any atom is 0.222 e. The Balaban J connectivity index is 1.33. The first kappa shape index (κ1) is 20.8. The van der Waals surface area contributed by atoms with E-state index in [4.69, 9.17) is 9.97 Å². The predicted molar refractivity (Wildman–Crippen MR) is 132 cm³/mol. The van der Waals surface area contributed by atoms with Gasteiger partial charge in [0.05, 0.1) is 22.9 Å². The average molecular weight is 454 g/mol. The topological polar surface area (TPSA) is 79.6 Å². The number of carbonyl (C=O) groups is 2. The first-order chi connectivity index (χ1) is 16.7. The van der Waals surface area contributed by atoms with Gasteiger partial charge >= 0.3 is 0 Å². The number of likely N-dealkylation sites (tertiary alicyclic amines) is 1. The minimum atomic E-state index is 0.223. The molecule has 0 radical (unpaired) electrons. The molecule has 0 bridgehead atoms. The molecule has 3 heterocycles. The van der Waals surface area contributed by atoms with Gasteiger partial charge in [-0.1, -0.05) is 36.4 Å². The largest absolute Gasteiger partial charge is 0.365 e. The van der Waals surface area contributed by atoms with Crippen LogP contribution in [0.3, 0.4) is 0 Å². The summed E-state index contributed by atoms with van der Waals surface area (Å²) in [5, 5.41) is 3.41. The number of nitrogens with zero attached hydrogens (tertiary/aromatic N) is 4. The molecule has 1 saturated heterocycles. The quantitative estimate of drug-likeness (QED) is 0.396. The highest BCUT2D eigenvalue weighted by Gasteiger charge is 2.25.